The van der Waals surface area contributed by atoms with Gasteiger partial charge in [-0.3, -0.25) is 4.98 Å². The van der Waals surface area contributed by atoms with E-state index in [1.165, 1.54) is 6.08 Å². The number of aromatic nitrogens is 1. The normalized spacial score (nSPS) is 13.5. The highest BCUT2D eigenvalue weighted by Gasteiger charge is 2.04. The number of aliphatic carboxylic acids is 1. The molecule has 1 atom stereocenters. The summed E-state index contributed by atoms with van der Waals surface area (Å²) >= 11 is 0. The number of nitrogens with zero attached hydrogens (tertiary/aromatic N) is 1. The molecule has 0 aliphatic heterocycles. The number of hydrogen-bond donors (Lipinski definition) is 2. The van der Waals surface area contributed by atoms with Crippen molar-refractivity contribution in [2.45, 2.75) is 19.9 Å². The molecular weight excluding hydrogens is 204 g/mol. The lowest BCUT2D eigenvalue weighted by atomic mass is 10.1. The molecule has 16 heavy (non-hydrogen) atoms. The number of nitrogens with one attached hydrogen (secondary N) is 1. The van der Waals surface area contributed by atoms with Crippen molar-refractivity contribution >= 4 is 5.97 Å². The van der Waals surface area contributed by atoms with Gasteiger partial charge in [0.2, 0.25) is 0 Å². The zero-order valence-corrected chi connectivity index (χ0v) is 9.47. The van der Waals surface area contributed by atoms with E-state index < -0.39 is 5.97 Å². The van der Waals surface area contributed by atoms with Gasteiger partial charge in [-0.05, 0) is 25.5 Å². The van der Waals surface area contributed by atoms with Crippen molar-refractivity contribution in [1.82, 2.24) is 10.3 Å². The highest BCUT2D eigenvalue weighted by Crippen LogP contribution is 2.09. The number of hydrogen-bond acceptors (Lipinski definition) is 3. The molecule has 0 bridgehead atoms. The van der Waals surface area contributed by atoms with Crippen molar-refractivity contribution in [3.05, 3.63) is 41.7 Å². The van der Waals surface area contributed by atoms with Gasteiger partial charge in [0.1, 0.15) is 0 Å². The molecule has 0 aliphatic carbocycles. The SMILES string of the molecule is C/C(=C\C(=O)O)CN[C@H](C)c1cccnc1. The van der Waals surface area contributed by atoms with E-state index in [-0.39, 0.29) is 6.04 Å². The lowest BCUT2D eigenvalue weighted by Crippen LogP contribution is -2.21. The van der Waals surface area contributed by atoms with Gasteiger partial charge in [0.05, 0.1) is 0 Å². The second-order valence-electron chi connectivity index (χ2n) is 3.72. The Morgan fingerprint density at radius 1 is 1.69 bits per heavy atom. The van der Waals surface area contributed by atoms with Gasteiger partial charge in [0.15, 0.2) is 0 Å². The fourth-order valence-electron chi connectivity index (χ4n) is 1.33. The Kier molecular flexibility index (Phi) is 4.66. The summed E-state index contributed by atoms with van der Waals surface area (Å²) < 4.78 is 0. The predicted octanol–water partition coefficient (Wildman–Crippen LogP) is 1.76. The molecule has 1 aromatic heterocycles. The maximum Gasteiger partial charge on any atom is 0.328 e. The minimum absolute atomic E-state index is 0.158. The Hall–Kier alpha value is -1.68. The van der Waals surface area contributed by atoms with E-state index >= 15 is 0 Å². The molecule has 1 rings (SSSR count). The van der Waals surface area contributed by atoms with E-state index in [1.54, 1.807) is 19.3 Å². The van der Waals surface area contributed by atoms with E-state index in [4.69, 9.17) is 5.11 Å². The molecule has 4 heteroatoms. The molecule has 0 aromatic carbocycles. The molecule has 0 saturated carbocycles. The fraction of sp³-hybridized carbons (Fsp3) is 0.333. The van der Waals surface area contributed by atoms with Crippen LogP contribution in [0.15, 0.2) is 36.2 Å². The van der Waals surface area contributed by atoms with Gasteiger partial charge >= 0.3 is 5.97 Å². The van der Waals surface area contributed by atoms with Gasteiger partial charge in [-0.25, -0.2) is 4.79 Å². The van der Waals surface area contributed by atoms with Crippen LogP contribution in [0.2, 0.25) is 0 Å². The van der Waals surface area contributed by atoms with Crippen molar-refractivity contribution in [1.29, 1.82) is 0 Å². The van der Waals surface area contributed by atoms with Crippen LogP contribution in [0, 0.1) is 0 Å². The topological polar surface area (TPSA) is 62.2 Å². The number of carboxylic acid groups (broad SMARTS) is 1. The molecule has 2 N–H and O–H groups in total. The fourth-order valence-corrected chi connectivity index (χ4v) is 1.33. The molecule has 0 fully saturated rings. The Labute approximate surface area is 95.0 Å². The molecule has 1 heterocycles. The highest BCUT2D eigenvalue weighted by molar-refractivity contribution is 5.80. The first-order valence-electron chi connectivity index (χ1n) is 5.13. The molecule has 4 nitrogen and oxygen atoms in total. The van der Waals surface area contributed by atoms with Crippen molar-refractivity contribution in [2.24, 2.45) is 0 Å². The summed E-state index contributed by atoms with van der Waals surface area (Å²) in [6.07, 6.45) is 4.74. The average molecular weight is 220 g/mol. The molecule has 0 unspecified atom stereocenters. The summed E-state index contributed by atoms with van der Waals surface area (Å²) in [6.45, 7) is 4.37. The summed E-state index contributed by atoms with van der Waals surface area (Å²) in [5, 5.41) is 11.8. The molecule has 0 aliphatic rings. The lowest BCUT2D eigenvalue weighted by Gasteiger charge is -2.13. The third-order valence-electron chi connectivity index (χ3n) is 2.24. The first-order valence-corrected chi connectivity index (χ1v) is 5.13. The molecule has 1 aromatic rings. The largest absolute Gasteiger partial charge is 0.478 e. The van der Waals surface area contributed by atoms with Crippen LogP contribution in [-0.2, 0) is 4.79 Å². The van der Waals surface area contributed by atoms with Gasteiger partial charge in [-0.15, -0.1) is 0 Å². The first-order chi connectivity index (χ1) is 7.59. The quantitative estimate of drug-likeness (QED) is 0.742. The lowest BCUT2D eigenvalue weighted by molar-refractivity contribution is -0.131. The maximum atomic E-state index is 10.4. The summed E-state index contributed by atoms with van der Waals surface area (Å²) in [5.41, 5.74) is 1.88. The van der Waals surface area contributed by atoms with Crippen LogP contribution in [0.25, 0.3) is 0 Å². The molecular formula is C12H16N2O2. The average Bonchev–Trinajstić information content (AvgIpc) is 2.26. The van der Waals surface area contributed by atoms with E-state index in [0.717, 1.165) is 11.1 Å². The molecule has 0 radical (unpaired) electrons. The van der Waals surface area contributed by atoms with Crippen LogP contribution < -0.4 is 5.32 Å². The zero-order chi connectivity index (χ0) is 12.0. The summed E-state index contributed by atoms with van der Waals surface area (Å²) in [6, 6.07) is 4.03. The number of carboxylic acids is 1. The van der Waals surface area contributed by atoms with Crippen molar-refractivity contribution < 1.29 is 9.90 Å². The van der Waals surface area contributed by atoms with Gasteiger partial charge in [0, 0.05) is 31.1 Å². The van der Waals surface area contributed by atoms with Gasteiger partial charge in [0.25, 0.3) is 0 Å². The van der Waals surface area contributed by atoms with Gasteiger partial charge in [-0.2, -0.15) is 0 Å². The Bertz CT molecular complexity index is 374. The smallest absolute Gasteiger partial charge is 0.328 e. The number of pyridine rings is 1. The van der Waals surface area contributed by atoms with Crippen LogP contribution in [0.3, 0.4) is 0 Å². The monoisotopic (exact) mass is 220 g/mol. The predicted molar refractivity (Wildman–Crippen MR) is 62.0 cm³/mol. The summed E-state index contributed by atoms with van der Waals surface area (Å²) in [5.74, 6) is -0.909. The van der Waals surface area contributed by atoms with E-state index in [0.29, 0.717) is 6.54 Å². The molecule has 86 valence electrons. The van der Waals surface area contributed by atoms with Crippen LogP contribution in [0.5, 0.6) is 0 Å². The van der Waals surface area contributed by atoms with Crippen LogP contribution in [-0.4, -0.2) is 22.6 Å². The third-order valence-corrected chi connectivity index (χ3v) is 2.24. The minimum atomic E-state index is -0.909. The van der Waals surface area contributed by atoms with Crippen LogP contribution in [0.1, 0.15) is 25.5 Å². The highest BCUT2D eigenvalue weighted by atomic mass is 16.4. The van der Waals surface area contributed by atoms with Crippen molar-refractivity contribution in [3.63, 3.8) is 0 Å². The molecule has 0 spiro atoms. The number of rotatable bonds is 5. The summed E-state index contributed by atoms with van der Waals surface area (Å²) in [4.78, 5) is 14.4. The minimum Gasteiger partial charge on any atom is -0.478 e. The molecule has 0 amide bonds. The maximum absolute atomic E-state index is 10.4. The first kappa shape index (κ1) is 12.4. The van der Waals surface area contributed by atoms with Gasteiger partial charge in [-0.1, -0.05) is 11.6 Å². The van der Waals surface area contributed by atoms with Gasteiger partial charge < -0.3 is 10.4 Å². The standard InChI is InChI=1S/C12H16N2O2/c1-9(6-12(15)16)7-14-10(2)11-4-3-5-13-8-11/h3-6,8,10,14H,7H2,1-2H3,(H,15,16)/b9-6+/t10-/m1/s1. The van der Waals surface area contributed by atoms with E-state index in [2.05, 4.69) is 10.3 Å². The van der Waals surface area contributed by atoms with Crippen LogP contribution in [0.4, 0.5) is 0 Å². The Balaban J connectivity index is 2.48. The van der Waals surface area contributed by atoms with Crippen LogP contribution >= 0.6 is 0 Å². The Morgan fingerprint density at radius 2 is 2.44 bits per heavy atom. The second kappa shape index (κ2) is 6.02. The zero-order valence-electron chi connectivity index (χ0n) is 9.47. The summed E-state index contributed by atoms with van der Waals surface area (Å²) in [7, 11) is 0. The second-order valence-corrected chi connectivity index (χ2v) is 3.72. The number of carbonyl (C=O) groups is 1. The van der Waals surface area contributed by atoms with Crippen molar-refractivity contribution in [2.75, 3.05) is 6.54 Å². The van der Waals surface area contributed by atoms with Crippen molar-refractivity contribution in [3.8, 4) is 0 Å². The third kappa shape index (κ3) is 4.23. The Morgan fingerprint density at radius 3 is 3.00 bits per heavy atom. The van der Waals surface area contributed by atoms with E-state index in [1.807, 2.05) is 19.1 Å². The molecule has 0 saturated heterocycles. The van der Waals surface area contributed by atoms with E-state index in [9.17, 15) is 4.79 Å².